The molecule has 0 aliphatic rings. The van der Waals surface area contributed by atoms with Gasteiger partial charge in [0, 0.05) is 12.7 Å². The van der Waals surface area contributed by atoms with Gasteiger partial charge in [-0.1, -0.05) is 0 Å². The molecule has 0 spiro atoms. The van der Waals surface area contributed by atoms with Crippen LogP contribution in [0.2, 0.25) is 0 Å². The summed E-state index contributed by atoms with van der Waals surface area (Å²) in [5.41, 5.74) is 3.77. The smallest absolute Gasteiger partial charge is 0.323 e. The third-order valence-electron chi connectivity index (χ3n) is 1.93. The van der Waals surface area contributed by atoms with Crippen molar-refractivity contribution < 1.29 is 18.4 Å². The number of nitrogens with two attached hydrogens (primary N) is 1. The molecule has 0 saturated carbocycles. The van der Waals surface area contributed by atoms with E-state index in [1.54, 1.807) is 0 Å². The van der Waals surface area contributed by atoms with E-state index in [4.69, 9.17) is 10.5 Å². The molecule has 0 aliphatic carbocycles. The zero-order valence-corrected chi connectivity index (χ0v) is 8.31. The molecule has 0 fully saturated rings. The lowest BCUT2D eigenvalue weighted by atomic mass is 10.2. The topological polar surface area (TPSA) is 91.3 Å². The number of pyridine rings is 1. The van der Waals surface area contributed by atoms with E-state index in [0.29, 0.717) is 0 Å². The molecular formula is C8H9F2N3O3. The molecule has 0 saturated heterocycles. The van der Waals surface area contributed by atoms with E-state index >= 15 is 0 Å². The van der Waals surface area contributed by atoms with Crippen LogP contribution < -0.4 is 10.5 Å². The quantitative estimate of drug-likeness (QED) is 0.626. The van der Waals surface area contributed by atoms with Gasteiger partial charge in [-0.2, -0.15) is 0 Å². The third-order valence-corrected chi connectivity index (χ3v) is 1.93. The minimum atomic E-state index is -2.99. The molecule has 8 heteroatoms. The maximum atomic E-state index is 12.5. The Kier molecular flexibility index (Phi) is 3.67. The van der Waals surface area contributed by atoms with Gasteiger partial charge in [0.25, 0.3) is 6.43 Å². The first-order chi connectivity index (χ1) is 7.52. The van der Waals surface area contributed by atoms with Gasteiger partial charge in [-0.3, -0.25) is 15.1 Å². The second kappa shape index (κ2) is 4.79. The molecule has 0 radical (unpaired) electrons. The summed E-state index contributed by atoms with van der Waals surface area (Å²) in [6.45, 7) is -0.131. The van der Waals surface area contributed by atoms with Gasteiger partial charge in [-0.25, -0.2) is 8.78 Å². The van der Waals surface area contributed by atoms with Crippen molar-refractivity contribution in [1.29, 1.82) is 0 Å². The Morgan fingerprint density at radius 1 is 1.69 bits per heavy atom. The summed E-state index contributed by atoms with van der Waals surface area (Å²) in [5, 5.41) is 10.7. The number of ether oxygens (including phenoxy) is 1. The summed E-state index contributed by atoms with van der Waals surface area (Å²) in [5.74, 6) is -0.315. The van der Waals surface area contributed by atoms with Gasteiger partial charge in [0.1, 0.15) is 11.3 Å². The second-order valence-electron chi connectivity index (χ2n) is 2.80. The molecule has 0 bridgehead atoms. The first kappa shape index (κ1) is 12.2. The Hall–Kier alpha value is -1.83. The lowest BCUT2D eigenvalue weighted by molar-refractivity contribution is -0.387. The van der Waals surface area contributed by atoms with E-state index in [-0.39, 0.29) is 18.0 Å². The van der Waals surface area contributed by atoms with E-state index in [1.807, 2.05) is 0 Å². The molecule has 1 aromatic rings. The summed E-state index contributed by atoms with van der Waals surface area (Å²) >= 11 is 0. The van der Waals surface area contributed by atoms with Crippen LogP contribution in [0.15, 0.2) is 6.20 Å². The number of nitro groups is 1. The van der Waals surface area contributed by atoms with E-state index in [0.717, 1.165) is 13.3 Å². The lowest BCUT2D eigenvalue weighted by Gasteiger charge is -2.09. The summed E-state index contributed by atoms with van der Waals surface area (Å²) < 4.78 is 29.7. The molecule has 16 heavy (non-hydrogen) atoms. The van der Waals surface area contributed by atoms with Gasteiger partial charge in [-0.15, -0.1) is 0 Å². The van der Waals surface area contributed by atoms with Gasteiger partial charge in [-0.05, 0) is 0 Å². The second-order valence-corrected chi connectivity index (χ2v) is 2.80. The number of methoxy groups -OCH3 is 1. The molecule has 1 aromatic heterocycles. The average Bonchev–Trinajstić information content (AvgIpc) is 2.26. The normalized spacial score (nSPS) is 10.6. The summed E-state index contributed by atoms with van der Waals surface area (Å²) in [6.07, 6.45) is -2.25. The van der Waals surface area contributed by atoms with Crippen molar-refractivity contribution in [2.45, 2.75) is 13.0 Å². The molecule has 0 amide bonds. The van der Waals surface area contributed by atoms with E-state index in [1.165, 1.54) is 0 Å². The minimum Gasteiger partial charge on any atom is -0.489 e. The standard InChI is InChI=1S/C8H9F2N3O3/c1-16-7-5(2-11)12-3-4(8(9)10)6(7)13(14)15/h3,8H,2,11H2,1H3. The molecule has 1 heterocycles. The number of hydrogen-bond donors (Lipinski definition) is 1. The highest BCUT2D eigenvalue weighted by molar-refractivity contribution is 5.54. The van der Waals surface area contributed by atoms with Crippen molar-refractivity contribution in [2.75, 3.05) is 7.11 Å². The van der Waals surface area contributed by atoms with Gasteiger partial charge < -0.3 is 10.5 Å². The fraction of sp³-hybridized carbons (Fsp3) is 0.375. The van der Waals surface area contributed by atoms with Crippen molar-refractivity contribution in [2.24, 2.45) is 5.73 Å². The van der Waals surface area contributed by atoms with Crippen molar-refractivity contribution in [3.05, 3.63) is 27.6 Å². The van der Waals surface area contributed by atoms with Crippen LogP contribution in [0.25, 0.3) is 0 Å². The van der Waals surface area contributed by atoms with Crippen molar-refractivity contribution >= 4 is 5.69 Å². The highest BCUT2D eigenvalue weighted by Gasteiger charge is 2.29. The number of aromatic nitrogens is 1. The fourth-order valence-corrected chi connectivity index (χ4v) is 1.24. The zero-order chi connectivity index (χ0) is 12.3. The van der Waals surface area contributed by atoms with Crippen molar-refractivity contribution in [3.8, 4) is 5.75 Å². The summed E-state index contributed by atoms with van der Waals surface area (Å²) in [7, 11) is 1.14. The molecular weight excluding hydrogens is 224 g/mol. The molecule has 0 aromatic carbocycles. The van der Waals surface area contributed by atoms with Crippen LogP contribution in [-0.4, -0.2) is 17.0 Å². The van der Waals surface area contributed by atoms with Crippen LogP contribution in [0.3, 0.4) is 0 Å². The SMILES string of the molecule is COc1c(CN)ncc(C(F)F)c1[N+](=O)[O-]. The predicted octanol–water partition coefficient (Wildman–Crippen LogP) is 1.39. The van der Waals surface area contributed by atoms with Crippen LogP contribution in [0.5, 0.6) is 5.75 Å². The van der Waals surface area contributed by atoms with Gasteiger partial charge in [0.05, 0.1) is 12.0 Å². The first-order valence-electron chi connectivity index (χ1n) is 4.21. The van der Waals surface area contributed by atoms with Gasteiger partial charge >= 0.3 is 5.69 Å². The highest BCUT2D eigenvalue weighted by Crippen LogP contribution is 2.37. The average molecular weight is 233 g/mol. The van der Waals surface area contributed by atoms with Gasteiger partial charge in [0.2, 0.25) is 5.75 Å². The van der Waals surface area contributed by atoms with Gasteiger partial charge in [0.15, 0.2) is 0 Å². The fourth-order valence-electron chi connectivity index (χ4n) is 1.24. The Morgan fingerprint density at radius 3 is 2.69 bits per heavy atom. The summed E-state index contributed by atoms with van der Waals surface area (Å²) in [6, 6.07) is 0. The maximum absolute atomic E-state index is 12.5. The Bertz CT molecular complexity index is 412. The number of rotatable bonds is 4. The maximum Gasteiger partial charge on any atom is 0.323 e. The number of alkyl halides is 2. The van der Waals surface area contributed by atoms with Crippen LogP contribution in [0.4, 0.5) is 14.5 Å². The highest BCUT2D eigenvalue weighted by atomic mass is 19.3. The Labute approximate surface area is 89.2 Å². The van der Waals surface area contributed by atoms with E-state index < -0.39 is 22.6 Å². The van der Waals surface area contributed by atoms with Crippen LogP contribution >= 0.6 is 0 Å². The third kappa shape index (κ3) is 2.06. The number of halogens is 2. The van der Waals surface area contributed by atoms with Crippen LogP contribution in [0.1, 0.15) is 17.7 Å². The molecule has 0 unspecified atom stereocenters. The minimum absolute atomic E-state index is 0.0681. The number of nitrogens with zero attached hydrogens (tertiary/aromatic N) is 2. The molecule has 0 atom stereocenters. The van der Waals surface area contributed by atoms with Crippen LogP contribution in [0, 0.1) is 10.1 Å². The Morgan fingerprint density at radius 2 is 2.31 bits per heavy atom. The van der Waals surface area contributed by atoms with Crippen LogP contribution in [-0.2, 0) is 6.54 Å². The Balaban J connectivity index is 3.50. The van der Waals surface area contributed by atoms with E-state index in [2.05, 4.69) is 4.98 Å². The first-order valence-corrected chi connectivity index (χ1v) is 4.21. The molecule has 0 aliphatic heterocycles. The lowest BCUT2D eigenvalue weighted by Crippen LogP contribution is -2.08. The van der Waals surface area contributed by atoms with Crippen molar-refractivity contribution in [1.82, 2.24) is 4.98 Å². The van der Waals surface area contributed by atoms with Crippen molar-refractivity contribution in [3.63, 3.8) is 0 Å². The largest absolute Gasteiger partial charge is 0.489 e. The molecule has 1 rings (SSSR count). The molecule has 6 nitrogen and oxygen atoms in total. The molecule has 2 N–H and O–H groups in total. The monoisotopic (exact) mass is 233 g/mol. The predicted molar refractivity (Wildman–Crippen MR) is 50.3 cm³/mol. The zero-order valence-electron chi connectivity index (χ0n) is 8.31. The molecule has 88 valence electrons. The number of hydrogen-bond acceptors (Lipinski definition) is 5. The van der Waals surface area contributed by atoms with E-state index in [9.17, 15) is 18.9 Å². The summed E-state index contributed by atoms with van der Waals surface area (Å²) in [4.78, 5) is 13.4.